The molecule has 0 aromatic heterocycles. The molecule has 0 heterocycles. The Bertz CT molecular complexity index is 4630. The van der Waals surface area contributed by atoms with Crippen LogP contribution in [0.5, 0.6) is 28.7 Å². The molecule has 0 spiro atoms. The van der Waals surface area contributed by atoms with E-state index in [1.165, 1.54) is 43.6 Å². The van der Waals surface area contributed by atoms with Gasteiger partial charge < -0.3 is 85.8 Å². The molecular weight excluding hydrogens is 1930 g/mol. The van der Waals surface area contributed by atoms with Gasteiger partial charge in [0.25, 0.3) is 5.09 Å². The zero-order chi connectivity index (χ0) is 100. The topological polar surface area (TPSA) is 393 Å². The van der Waals surface area contributed by atoms with Crippen LogP contribution in [0.4, 0.5) is 14.4 Å². The van der Waals surface area contributed by atoms with E-state index in [4.69, 9.17) is 95.6 Å². The quantitative estimate of drug-likeness (QED) is 0.00475. The Morgan fingerprint density at radius 1 is 0.452 bits per heavy atom. The van der Waals surface area contributed by atoms with E-state index < -0.39 is 44.5 Å². The minimum Gasteiger partial charge on any atom is -1.00 e. The van der Waals surface area contributed by atoms with Gasteiger partial charge in [-0.05, 0) is 143 Å². The molecule has 757 valence electrons. The molecule has 0 bridgehead atoms. The van der Waals surface area contributed by atoms with E-state index >= 15 is 0 Å². The summed E-state index contributed by atoms with van der Waals surface area (Å²) in [6.07, 6.45) is -0.570. The first-order valence-corrected chi connectivity index (χ1v) is 44.0. The number of hydrogen-bond donors (Lipinski definition) is 6. The molecule has 8 aromatic rings. The number of aliphatic hydroxyl groups excluding tert-OH is 4. The fourth-order valence-electron chi connectivity index (χ4n) is 11.1. The van der Waals surface area contributed by atoms with E-state index in [0.29, 0.717) is 25.6 Å². The van der Waals surface area contributed by atoms with Crippen molar-refractivity contribution in [2.75, 3.05) is 65.5 Å². The molecule has 0 saturated heterocycles. The fourth-order valence-corrected chi connectivity index (χ4v) is 11.1. The maximum Gasteiger partial charge on any atom is 1.00 e. The Kier molecular flexibility index (Phi) is 76.1. The molecule has 0 aliphatic rings. The number of carbonyl (C=O) groups excluding carboxylic acids is 4. The van der Waals surface area contributed by atoms with Gasteiger partial charge in [0, 0.05) is 104 Å². The minimum absolute atomic E-state index is 0. The third kappa shape index (κ3) is 57.4. The molecule has 8 aromatic carbocycles. The van der Waals surface area contributed by atoms with Crippen LogP contribution in [0.3, 0.4) is 0 Å². The summed E-state index contributed by atoms with van der Waals surface area (Å²) < 4.78 is 41.4. The van der Waals surface area contributed by atoms with Gasteiger partial charge in [-0.15, -0.1) is 56.5 Å². The van der Waals surface area contributed by atoms with E-state index in [-0.39, 0.29) is 154 Å². The van der Waals surface area contributed by atoms with Crippen LogP contribution in [0, 0.1) is 21.4 Å². The number of nitrogens with zero attached hydrogens (tertiary/aromatic N) is 2. The van der Waals surface area contributed by atoms with Crippen molar-refractivity contribution in [2.24, 2.45) is 0 Å². The molecule has 10 N–H and O–H groups in total. The molecule has 24 nitrogen and oxygen atoms in total. The molecule has 0 fully saturated rings. The number of phenols is 1. The summed E-state index contributed by atoms with van der Waals surface area (Å²) in [5.74, 6) is 3.04. The first kappa shape index (κ1) is 145. The van der Waals surface area contributed by atoms with Gasteiger partial charge in [-0.25, -0.2) is 14.4 Å². The zero-order valence-corrected chi connectivity index (χ0v) is 91.7. The van der Waals surface area contributed by atoms with Crippen LogP contribution in [-0.2, 0) is 118 Å². The van der Waals surface area contributed by atoms with E-state index in [9.17, 15) is 39.8 Å². The molecule has 0 saturated carbocycles. The number of aldehydes is 1. The third-order valence-electron chi connectivity index (χ3n) is 19.1. The second kappa shape index (κ2) is 70.8. The molecule has 0 amide bonds. The number of phenolic OH excluding ortho intramolecular Hbond substituents is 1. The monoisotopic (exact) mass is 2090 g/mol. The number of hydrogen-bond acceptors (Lipinski definition) is 20. The third-order valence-corrected chi connectivity index (χ3v) is 19.3. The molecule has 0 atom stereocenters. The van der Waals surface area contributed by atoms with Crippen molar-refractivity contribution in [3.05, 3.63) is 264 Å². The molecule has 135 heavy (non-hydrogen) atoms. The van der Waals surface area contributed by atoms with Crippen LogP contribution in [0.1, 0.15) is 261 Å². The summed E-state index contributed by atoms with van der Waals surface area (Å²) in [4.78, 5) is 52.1. The number of rotatable bonds is 20. The summed E-state index contributed by atoms with van der Waals surface area (Å²) in [5.41, 5.74) is 10.6. The minimum atomic E-state index is -1.50. The molecule has 0 unspecified atom stereocenters. The summed E-state index contributed by atoms with van der Waals surface area (Å²) in [7, 11) is 4.72. The second-order valence-electron chi connectivity index (χ2n) is 37.2. The smallest absolute Gasteiger partial charge is 1.00 e. The maximum atomic E-state index is 11.6. The van der Waals surface area contributed by atoms with E-state index in [1.807, 2.05) is 191 Å². The van der Waals surface area contributed by atoms with Crippen molar-refractivity contribution in [3.63, 3.8) is 0 Å². The first-order chi connectivity index (χ1) is 59.6. The Labute approximate surface area is 870 Å². The van der Waals surface area contributed by atoms with E-state index in [2.05, 4.69) is 184 Å². The van der Waals surface area contributed by atoms with Crippen molar-refractivity contribution in [2.45, 2.75) is 261 Å². The van der Waals surface area contributed by atoms with Crippen LogP contribution in [-0.4, -0.2) is 145 Å². The van der Waals surface area contributed by atoms with Crippen LogP contribution in [0.2, 0.25) is 0 Å². The molecule has 0 aliphatic heterocycles. The fraction of sp³-hybridized carbons (Fsp3) is 0.485. The summed E-state index contributed by atoms with van der Waals surface area (Å²) in [6, 6.07) is 62.6. The van der Waals surface area contributed by atoms with Crippen molar-refractivity contribution in [3.8, 4) is 34.8 Å². The number of alkyl halides is 4. The molecule has 0 aliphatic carbocycles. The number of halogens is 5. The van der Waals surface area contributed by atoms with Crippen LogP contribution in [0.15, 0.2) is 182 Å². The van der Waals surface area contributed by atoms with Gasteiger partial charge in [0.15, 0.2) is 0 Å². The van der Waals surface area contributed by atoms with Crippen LogP contribution < -0.4 is 48.5 Å². The van der Waals surface area contributed by atoms with Gasteiger partial charge in [-0.2, -0.15) is 5.26 Å². The van der Waals surface area contributed by atoms with E-state index in [1.54, 1.807) is 19.1 Å². The number of methoxy groups -OCH3 is 3. The van der Waals surface area contributed by atoms with Gasteiger partial charge in [-0.3, -0.25) is 0 Å². The summed E-state index contributed by atoms with van der Waals surface area (Å²) >= 11 is 23.7. The van der Waals surface area contributed by atoms with Crippen LogP contribution in [0.25, 0.3) is 0 Å². The number of aromatic hydroxyl groups is 1. The average molecular weight is 2090 g/mol. The molecular formula is C103H154BCl5N2NaO22Pd. The Balaban J connectivity index is -0.000000172. The number of benzene rings is 8. The number of ether oxygens (including phenoxy) is 8. The average Bonchev–Trinajstić information content (AvgIpc) is 0.800. The number of carbonyl (C=O) groups is 4. The Morgan fingerprint density at radius 2 is 0.696 bits per heavy atom. The molecule has 32 heteroatoms. The zero-order valence-electron chi connectivity index (χ0n) is 85.3. The van der Waals surface area contributed by atoms with Gasteiger partial charge in [-0.1, -0.05) is 298 Å². The Morgan fingerprint density at radius 3 is 0.963 bits per heavy atom. The maximum absolute atomic E-state index is 11.6. The summed E-state index contributed by atoms with van der Waals surface area (Å²) in [5, 5.41) is 67.1. The van der Waals surface area contributed by atoms with Crippen molar-refractivity contribution in [1.29, 1.82) is 5.26 Å². The van der Waals surface area contributed by atoms with Crippen molar-refractivity contribution in [1.82, 2.24) is 0 Å². The largest absolute Gasteiger partial charge is 1.00 e. The van der Waals surface area contributed by atoms with E-state index in [0.717, 1.165) is 80.7 Å². The predicted molar refractivity (Wildman–Crippen MR) is 544 cm³/mol. The van der Waals surface area contributed by atoms with Crippen molar-refractivity contribution >= 4 is 90.4 Å². The van der Waals surface area contributed by atoms with Crippen molar-refractivity contribution < 1.29 is 155 Å². The number of aliphatic hydroxyl groups is 4. The summed E-state index contributed by atoms with van der Waals surface area (Å²) in [6.45, 7) is 55.4. The van der Waals surface area contributed by atoms with Gasteiger partial charge in [0.05, 0.1) is 56.7 Å². The first-order valence-electron chi connectivity index (χ1n) is 41.5. The predicted octanol–water partition coefficient (Wildman–Crippen LogP) is 21.2. The molecule has 3 radical (unpaired) electrons. The SMILES string of the molecule is C.CC(C)(C)c1ccc(O)c(C(C)(C)CO)c1.CC(C)(C)c1ccc(OCc2ccccc2)c(C(C)(C)C#N)c1.CC(C)(C)c1ccc(OCc2ccccc2)c(C(C)(C)C=O)c1.CC(C)(C)c1ccc(OCc2ccccc2)c(C(C)(C)CO)c1.CCO.CO.COC(=O)Cl.COC(=O)OCC(C)(C)c1cc(C(C)(C)C)ccc1OC(=O)OC.ClCCl.ClCCl.O.O.O=[N+]([O-])O.[B].[H-].[Na+].[Pd]. The molecule has 8 rings (SSSR count). The van der Waals surface area contributed by atoms with Gasteiger partial charge in [0.1, 0.15) is 61.5 Å². The standard InChI is InChI=1S/C21H25NO.C21H28O2.C21H26O2.C18H26O6.C14H22O2.C2H3ClO2.C2H6O.2CH2Cl2.CH4O.CH4.B.HNO3.Na.2H2O.Pd.H/c3*1-20(2,3)17-11-12-19(18(13-17)21(4,5)15-22)23-14-16-9-7-6-8-10-16;1-17(2,3)12-8-9-14(24-16(20)22-7)13(10-12)18(4,5)11-23-15(19)21-6;1-13(2,3)10-6-7-12(16)11(8-10)14(4,5)9-15;1-5-2(3)4;1-2-3;2*2-1-3;1-2;;;2-1(3)4;;;;;/h6-13H,14H2,1-5H3;6-13,22H,14-15H2,1-5H3;6-13,15H,14H2,1-5H3;8-10H,11H2,1-7H3;6-8,15-16H,9H2,1-5H3;1H3;3H,2H2,1H3;2*1H2;2H,1H3;1H4;;(H,2,3,4);;2*1H2;;/q;;;;;;;;;;;;;+1;;;;-1. The van der Waals surface area contributed by atoms with Gasteiger partial charge >= 0.3 is 47.3 Å². The van der Waals surface area contributed by atoms with Gasteiger partial charge in [0.2, 0.25) is 0 Å². The Hall–Kier alpha value is -7.73. The second-order valence-corrected chi connectivity index (χ2v) is 39.1. The van der Waals surface area contributed by atoms with Crippen LogP contribution >= 0.6 is 58.0 Å². The number of nitriles is 1. The normalized spacial score (nSPS) is 10.6.